The molecule has 3 aromatic rings. The smallest absolute Gasteiger partial charge is 0.296 e. The number of hydrogen-bond donors (Lipinski definition) is 0. The number of methoxy groups -OCH3 is 1. The summed E-state index contributed by atoms with van der Waals surface area (Å²) in [5.41, 5.74) is 3.37. The maximum atomic E-state index is 12.9. The van der Waals surface area contributed by atoms with E-state index in [1.165, 1.54) is 13.2 Å². The van der Waals surface area contributed by atoms with Crippen LogP contribution in [0.1, 0.15) is 10.4 Å². The lowest BCUT2D eigenvalue weighted by Gasteiger charge is -2.35. The van der Waals surface area contributed by atoms with Crippen molar-refractivity contribution >= 4 is 17.3 Å². The third kappa shape index (κ3) is 4.35. The van der Waals surface area contributed by atoms with Gasteiger partial charge in [-0.15, -0.1) is 0 Å². The van der Waals surface area contributed by atoms with Crippen molar-refractivity contribution in [2.24, 2.45) is 0 Å². The van der Waals surface area contributed by atoms with Gasteiger partial charge < -0.3 is 14.5 Å². The third-order valence-corrected chi connectivity index (χ3v) is 5.53. The van der Waals surface area contributed by atoms with Crippen LogP contribution in [0.25, 0.3) is 11.1 Å². The zero-order chi connectivity index (χ0) is 21.8. The highest BCUT2D eigenvalue weighted by Crippen LogP contribution is 2.32. The van der Waals surface area contributed by atoms with Crippen LogP contribution in [0.15, 0.2) is 72.8 Å². The van der Waals surface area contributed by atoms with Gasteiger partial charge in [0.25, 0.3) is 11.6 Å². The molecule has 0 saturated carbocycles. The maximum absolute atomic E-state index is 12.9. The molecular weight excluding hydrogens is 394 g/mol. The number of nitrogens with zero attached hydrogens (tertiary/aromatic N) is 3. The Bertz CT molecular complexity index is 1080. The summed E-state index contributed by atoms with van der Waals surface area (Å²) in [6, 6.07) is 22.5. The molecule has 3 aromatic carbocycles. The van der Waals surface area contributed by atoms with Gasteiger partial charge in [-0.2, -0.15) is 0 Å². The van der Waals surface area contributed by atoms with Crippen molar-refractivity contribution in [3.05, 3.63) is 88.5 Å². The van der Waals surface area contributed by atoms with Crippen LogP contribution in [0.4, 0.5) is 11.4 Å². The number of hydrogen-bond acceptors (Lipinski definition) is 5. The first kappa shape index (κ1) is 20.4. The van der Waals surface area contributed by atoms with Crippen molar-refractivity contribution in [2.75, 3.05) is 38.2 Å². The molecule has 158 valence electrons. The molecule has 1 heterocycles. The summed E-state index contributed by atoms with van der Waals surface area (Å²) in [4.78, 5) is 27.8. The molecule has 4 rings (SSSR count). The molecule has 31 heavy (non-hydrogen) atoms. The van der Waals surface area contributed by atoms with E-state index in [-0.39, 0.29) is 11.6 Å². The molecule has 1 aliphatic heterocycles. The zero-order valence-corrected chi connectivity index (χ0v) is 17.2. The standard InChI is InChI=1S/C24H23N3O4/c1-31-21-11-12-22(23(17-21)27(29)30)25-13-15-26(16-14-25)24(28)20-9-7-19(8-10-20)18-5-3-2-4-6-18/h2-12,17H,13-16H2,1H3. The van der Waals surface area contributed by atoms with Crippen LogP contribution < -0.4 is 9.64 Å². The SMILES string of the molecule is COc1ccc(N2CCN(C(=O)c3ccc(-c4ccccc4)cc3)CC2)c([N+](=O)[O-])c1. The lowest BCUT2D eigenvalue weighted by atomic mass is 10.0. The van der Waals surface area contributed by atoms with Crippen LogP contribution in [0.3, 0.4) is 0 Å². The molecule has 7 heteroatoms. The van der Waals surface area contributed by atoms with Crippen LogP contribution in [0, 0.1) is 10.1 Å². The van der Waals surface area contributed by atoms with E-state index in [0.29, 0.717) is 43.2 Å². The zero-order valence-electron chi connectivity index (χ0n) is 17.2. The van der Waals surface area contributed by atoms with Crippen LogP contribution in [-0.2, 0) is 0 Å². The van der Waals surface area contributed by atoms with E-state index in [9.17, 15) is 14.9 Å². The Hall–Kier alpha value is -3.87. The molecular formula is C24H23N3O4. The Labute approximate surface area is 180 Å². The van der Waals surface area contributed by atoms with Crippen molar-refractivity contribution in [2.45, 2.75) is 0 Å². The van der Waals surface area contributed by atoms with Crippen molar-refractivity contribution < 1.29 is 14.5 Å². The fraction of sp³-hybridized carbons (Fsp3) is 0.208. The molecule has 1 aliphatic rings. The predicted octanol–water partition coefficient (Wildman–Crippen LogP) is 4.23. The van der Waals surface area contributed by atoms with Gasteiger partial charge >= 0.3 is 0 Å². The van der Waals surface area contributed by atoms with Gasteiger partial charge in [0.15, 0.2) is 0 Å². The number of benzene rings is 3. The number of piperazine rings is 1. The van der Waals surface area contributed by atoms with Crippen molar-refractivity contribution in [1.82, 2.24) is 4.90 Å². The van der Waals surface area contributed by atoms with Gasteiger partial charge in [-0.3, -0.25) is 14.9 Å². The maximum Gasteiger partial charge on any atom is 0.296 e. The van der Waals surface area contributed by atoms with Gasteiger partial charge in [-0.1, -0.05) is 42.5 Å². The van der Waals surface area contributed by atoms with Crippen LogP contribution >= 0.6 is 0 Å². The molecule has 1 fully saturated rings. The Balaban J connectivity index is 1.43. The minimum Gasteiger partial charge on any atom is -0.496 e. The topological polar surface area (TPSA) is 75.9 Å². The highest BCUT2D eigenvalue weighted by molar-refractivity contribution is 5.95. The van der Waals surface area contributed by atoms with Crippen molar-refractivity contribution in [1.29, 1.82) is 0 Å². The number of nitro benzene ring substituents is 1. The first-order chi connectivity index (χ1) is 15.1. The highest BCUT2D eigenvalue weighted by Gasteiger charge is 2.26. The molecule has 1 amide bonds. The number of amides is 1. The molecule has 0 unspecified atom stereocenters. The number of carbonyl (C=O) groups is 1. The van der Waals surface area contributed by atoms with Gasteiger partial charge in [0.1, 0.15) is 11.4 Å². The third-order valence-electron chi connectivity index (χ3n) is 5.53. The number of ether oxygens (including phenoxy) is 1. The molecule has 0 aliphatic carbocycles. The second kappa shape index (κ2) is 8.87. The van der Waals surface area contributed by atoms with Gasteiger partial charge in [0, 0.05) is 31.7 Å². The van der Waals surface area contributed by atoms with Crippen LogP contribution in [0.2, 0.25) is 0 Å². The fourth-order valence-corrected chi connectivity index (χ4v) is 3.81. The normalized spacial score (nSPS) is 13.7. The molecule has 0 atom stereocenters. The Morgan fingerprint density at radius 3 is 2.16 bits per heavy atom. The summed E-state index contributed by atoms with van der Waals surface area (Å²) in [6.45, 7) is 2.06. The average molecular weight is 417 g/mol. The molecule has 0 spiro atoms. The fourth-order valence-electron chi connectivity index (χ4n) is 3.81. The van der Waals surface area contributed by atoms with Gasteiger partial charge in [0.2, 0.25) is 0 Å². The Kier molecular flexibility index (Phi) is 5.84. The monoisotopic (exact) mass is 417 g/mol. The molecule has 0 N–H and O–H groups in total. The summed E-state index contributed by atoms with van der Waals surface area (Å²) < 4.78 is 5.11. The van der Waals surface area contributed by atoms with Crippen LogP contribution in [0.5, 0.6) is 5.75 Å². The van der Waals surface area contributed by atoms with Crippen molar-refractivity contribution in [3.63, 3.8) is 0 Å². The van der Waals surface area contributed by atoms with E-state index >= 15 is 0 Å². The van der Waals surface area contributed by atoms with E-state index in [1.54, 1.807) is 17.0 Å². The Morgan fingerprint density at radius 1 is 0.903 bits per heavy atom. The molecule has 1 saturated heterocycles. The molecule has 0 aromatic heterocycles. The van der Waals surface area contributed by atoms with Gasteiger partial charge in [-0.25, -0.2) is 0 Å². The lowest BCUT2D eigenvalue weighted by molar-refractivity contribution is -0.384. The molecule has 0 radical (unpaired) electrons. The first-order valence-electron chi connectivity index (χ1n) is 10.1. The van der Waals surface area contributed by atoms with E-state index in [4.69, 9.17) is 4.74 Å². The minimum absolute atomic E-state index is 0.00984. The minimum atomic E-state index is -0.399. The van der Waals surface area contributed by atoms with E-state index in [2.05, 4.69) is 0 Å². The van der Waals surface area contributed by atoms with E-state index in [1.807, 2.05) is 59.5 Å². The van der Waals surface area contributed by atoms with Gasteiger partial charge in [0.05, 0.1) is 18.1 Å². The summed E-state index contributed by atoms with van der Waals surface area (Å²) in [5, 5.41) is 11.5. The van der Waals surface area contributed by atoms with E-state index in [0.717, 1.165) is 11.1 Å². The van der Waals surface area contributed by atoms with Crippen molar-refractivity contribution in [3.8, 4) is 16.9 Å². The lowest BCUT2D eigenvalue weighted by Crippen LogP contribution is -2.48. The number of nitro groups is 1. The molecule has 0 bridgehead atoms. The predicted molar refractivity (Wildman–Crippen MR) is 120 cm³/mol. The summed E-state index contributed by atoms with van der Waals surface area (Å²) in [5.74, 6) is 0.423. The second-order valence-electron chi connectivity index (χ2n) is 7.33. The average Bonchev–Trinajstić information content (AvgIpc) is 2.84. The highest BCUT2D eigenvalue weighted by atomic mass is 16.6. The number of anilines is 1. The second-order valence-corrected chi connectivity index (χ2v) is 7.33. The first-order valence-corrected chi connectivity index (χ1v) is 10.1. The summed E-state index contributed by atoms with van der Waals surface area (Å²) in [6.07, 6.45) is 0. The largest absolute Gasteiger partial charge is 0.496 e. The molecule has 7 nitrogen and oxygen atoms in total. The summed E-state index contributed by atoms with van der Waals surface area (Å²) >= 11 is 0. The summed E-state index contributed by atoms with van der Waals surface area (Å²) in [7, 11) is 1.48. The number of carbonyl (C=O) groups excluding carboxylic acids is 1. The number of rotatable bonds is 5. The quantitative estimate of drug-likeness (QED) is 0.459. The van der Waals surface area contributed by atoms with E-state index < -0.39 is 4.92 Å². The van der Waals surface area contributed by atoms with Gasteiger partial charge in [-0.05, 0) is 35.4 Å². The Morgan fingerprint density at radius 2 is 1.55 bits per heavy atom. The van der Waals surface area contributed by atoms with Crippen LogP contribution in [-0.4, -0.2) is 49.0 Å².